The zero-order chi connectivity index (χ0) is 14.4. The highest BCUT2D eigenvalue weighted by molar-refractivity contribution is 5.95. The highest BCUT2D eigenvalue weighted by Gasteiger charge is 2.20. The maximum absolute atomic E-state index is 12.1. The predicted molar refractivity (Wildman–Crippen MR) is 82.7 cm³/mol. The van der Waals surface area contributed by atoms with Crippen LogP contribution in [0.2, 0.25) is 0 Å². The minimum absolute atomic E-state index is 0. The Bertz CT molecular complexity index is 490. The smallest absolute Gasteiger partial charge is 0.255 e. The van der Waals surface area contributed by atoms with Gasteiger partial charge < -0.3 is 21.1 Å². The first-order valence-electron chi connectivity index (χ1n) is 6.70. The fourth-order valence-corrected chi connectivity index (χ4v) is 2.12. The highest BCUT2D eigenvalue weighted by atomic mass is 35.5. The van der Waals surface area contributed by atoms with Crippen molar-refractivity contribution in [2.24, 2.45) is 5.73 Å². The van der Waals surface area contributed by atoms with E-state index in [0.717, 1.165) is 25.8 Å². The number of carbonyl (C=O) groups excluding carboxylic acids is 2. The number of nitrogens with one attached hydrogen (secondary N) is 2. The van der Waals surface area contributed by atoms with Gasteiger partial charge in [-0.3, -0.25) is 9.59 Å². The first-order valence-corrected chi connectivity index (χ1v) is 6.70. The number of piperidine rings is 1. The second-order valence-electron chi connectivity index (χ2n) is 4.77. The maximum atomic E-state index is 12.1. The van der Waals surface area contributed by atoms with Gasteiger partial charge in [-0.25, -0.2) is 0 Å². The first-order chi connectivity index (χ1) is 9.65. The van der Waals surface area contributed by atoms with Crippen LogP contribution in [0.1, 0.15) is 19.3 Å². The average molecular weight is 314 g/mol. The predicted octanol–water partition coefficient (Wildman–Crippen LogP) is 1.05. The molecule has 2 rings (SSSR count). The minimum atomic E-state index is -0.536. The van der Waals surface area contributed by atoms with Crippen LogP contribution < -0.4 is 21.1 Å². The number of primary amides is 1. The molecule has 1 saturated heterocycles. The molecule has 0 unspecified atom stereocenters. The van der Waals surface area contributed by atoms with Crippen molar-refractivity contribution in [1.82, 2.24) is 5.32 Å². The van der Waals surface area contributed by atoms with Gasteiger partial charge in [-0.15, -0.1) is 12.4 Å². The lowest BCUT2D eigenvalue weighted by Crippen LogP contribution is -2.43. The number of benzene rings is 1. The molecule has 0 radical (unpaired) electrons. The Morgan fingerprint density at radius 2 is 2.19 bits per heavy atom. The summed E-state index contributed by atoms with van der Waals surface area (Å²) in [5.74, 6) is -0.0826. The molecular weight excluding hydrogens is 294 g/mol. The van der Waals surface area contributed by atoms with Gasteiger partial charge in [0.1, 0.15) is 5.75 Å². The number of hydrogen-bond donors (Lipinski definition) is 3. The van der Waals surface area contributed by atoms with Crippen LogP contribution in [-0.2, 0) is 9.59 Å². The van der Waals surface area contributed by atoms with Crippen molar-refractivity contribution in [3.05, 3.63) is 24.3 Å². The normalized spacial score (nSPS) is 17.4. The third-order valence-corrected chi connectivity index (χ3v) is 3.11. The summed E-state index contributed by atoms with van der Waals surface area (Å²) in [6, 6.07) is 6.76. The molecule has 0 bridgehead atoms. The molecule has 7 heteroatoms. The van der Waals surface area contributed by atoms with Gasteiger partial charge in [-0.05, 0) is 31.5 Å². The third-order valence-electron chi connectivity index (χ3n) is 3.11. The van der Waals surface area contributed by atoms with Crippen molar-refractivity contribution in [2.75, 3.05) is 18.5 Å². The van der Waals surface area contributed by atoms with E-state index in [4.69, 9.17) is 10.5 Å². The van der Waals surface area contributed by atoms with E-state index in [0.29, 0.717) is 11.4 Å². The molecule has 0 aromatic heterocycles. The number of nitrogens with two attached hydrogens (primary N) is 1. The summed E-state index contributed by atoms with van der Waals surface area (Å²) in [5.41, 5.74) is 5.66. The number of hydrogen-bond acceptors (Lipinski definition) is 4. The zero-order valence-electron chi connectivity index (χ0n) is 11.6. The summed E-state index contributed by atoms with van der Waals surface area (Å²) < 4.78 is 5.19. The molecule has 2 amide bonds. The van der Waals surface area contributed by atoms with Crippen molar-refractivity contribution in [1.29, 1.82) is 0 Å². The largest absolute Gasteiger partial charge is 0.484 e. The second kappa shape index (κ2) is 8.49. The van der Waals surface area contributed by atoms with Crippen LogP contribution in [0.15, 0.2) is 24.3 Å². The van der Waals surface area contributed by atoms with E-state index in [2.05, 4.69) is 10.6 Å². The van der Waals surface area contributed by atoms with Crippen molar-refractivity contribution < 1.29 is 14.3 Å². The van der Waals surface area contributed by atoms with Gasteiger partial charge >= 0.3 is 0 Å². The van der Waals surface area contributed by atoms with Gasteiger partial charge in [-0.1, -0.05) is 12.5 Å². The molecule has 1 aliphatic rings. The Morgan fingerprint density at radius 1 is 1.38 bits per heavy atom. The van der Waals surface area contributed by atoms with Gasteiger partial charge in [0.15, 0.2) is 6.61 Å². The topological polar surface area (TPSA) is 93.5 Å². The summed E-state index contributed by atoms with van der Waals surface area (Å²) in [4.78, 5) is 22.7. The fourth-order valence-electron chi connectivity index (χ4n) is 2.12. The Balaban J connectivity index is 0.00000220. The lowest BCUT2D eigenvalue weighted by molar-refractivity contribution is -0.120. The van der Waals surface area contributed by atoms with Gasteiger partial charge in [-0.2, -0.15) is 0 Å². The van der Waals surface area contributed by atoms with Crippen LogP contribution in [-0.4, -0.2) is 31.0 Å². The van der Waals surface area contributed by atoms with E-state index in [9.17, 15) is 9.59 Å². The number of halogens is 1. The van der Waals surface area contributed by atoms with E-state index in [1.165, 1.54) is 0 Å². The summed E-state index contributed by atoms with van der Waals surface area (Å²) in [7, 11) is 0. The molecule has 4 N–H and O–H groups in total. The monoisotopic (exact) mass is 313 g/mol. The molecule has 1 aromatic rings. The highest BCUT2D eigenvalue weighted by Crippen LogP contribution is 2.18. The van der Waals surface area contributed by atoms with Gasteiger partial charge in [0.2, 0.25) is 5.91 Å². The van der Waals surface area contributed by atoms with Gasteiger partial charge in [0.25, 0.3) is 5.91 Å². The molecule has 1 fully saturated rings. The number of anilines is 1. The number of ether oxygens (including phenoxy) is 1. The van der Waals surface area contributed by atoms with E-state index in [1.54, 1.807) is 24.3 Å². The molecule has 6 nitrogen and oxygen atoms in total. The molecule has 1 aliphatic heterocycles. The SMILES string of the molecule is Cl.NC(=O)COc1cccc(NC(=O)[C@H]2CCCCN2)c1. The van der Waals surface area contributed by atoms with Crippen LogP contribution in [0.5, 0.6) is 5.75 Å². The lowest BCUT2D eigenvalue weighted by atomic mass is 10.0. The molecule has 1 heterocycles. The summed E-state index contributed by atoms with van der Waals surface area (Å²) >= 11 is 0. The zero-order valence-corrected chi connectivity index (χ0v) is 12.4. The lowest BCUT2D eigenvalue weighted by Gasteiger charge is -2.22. The van der Waals surface area contributed by atoms with Crippen LogP contribution in [0, 0.1) is 0 Å². The number of amides is 2. The Labute approximate surface area is 129 Å². The first kappa shape index (κ1) is 17.3. The van der Waals surface area contributed by atoms with E-state index < -0.39 is 5.91 Å². The van der Waals surface area contributed by atoms with E-state index >= 15 is 0 Å². The second-order valence-corrected chi connectivity index (χ2v) is 4.77. The molecule has 0 saturated carbocycles. The van der Waals surface area contributed by atoms with Crippen molar-refractivity contribution >= 4 is 29.9 Å². The van der Waals surface area contributed by atoms with E-state index in [1.807, 2.05) is 0 Å². The Hall–Kier alpha value is -1.79. The molecule has 116 valence electrons. The molecule has 0 spiro atoms. The van der Waals surface area contributed by atoms with Crippen LogP contribution >= 0.6 is 12.4 Å². The Morgan fingerprint density at radius 3 is 2.86 bits per heavy atom. The van der Waals surface area contributed by atoms with Gasteiger partial charge in [0, 0.05) is 11.8 Å². The minimum Gasteiger partial charge on any atom is -0.484 e. The quantitative estimate of drug-likeness (QED) is 0.757. The fraction of sp³-hybridized carbons (Fsp3) is 0.429. The summed E-state index contributed by atoms with van der Waals surface area (Å²) in [5, 5.41) is 6.03. The maximum Gasteiger partial charge on any atom is 0.255 e. The molecular formula is C14H20ClN3O3. The third kappa shape index (κ3) is 5.61. The Kier molecular flexibility index (Phi) is 6.98. The van der Waals surface area contributed by atoms with Crippen LogP contribution in [0.4, 0.5) is 5.69 Å². The van der Waals surface area contributed by atoms with Crippen LogP contribution in [0.25, 0.3) is 0 Å². The average Bonchev–Trinajstić information content (AvgIpc) is 2.46. The molecule has 1 aromatic carbocycles. The van der Waals surface area contributed by atoms with Crippen molar-refractivity contribution in [3.63, 3.8) is 0 Å². The molecule has 1 atom stereocenters. The van der Waals surface area contributed by atoms with Crippen molar-refractivity contribution in [2.45, 2.75) is 25.3 Å². The van der Waals surface area contributed by atoms with Crippen molar-refractivity contribution in [3.8, 4) is 5.75 Å². The van der Waals surface area contributed by atoms with Gasteiger partial charge in [0.05, 0.1) is 6.04 Å². The molecule has 0 aliphatic carbocycles. The summed E-state index contributed by atoms with van der Waals surface area (Å²) in [6.45, 7) is 0.696. The number of rotatable bonds is 5. The molecule has 21 heavy (non-hydrogen) atoms. The standard InChI is InChI=1S/C14H19N3O3.ClH/c15-13(18)9-20-11-5-3-4-10(8-11)17-14(19)12-6-1-2-7-16-12;/h3-5,8,12,16H,1-2,6-7,9H2,(H2,15,18)(H,17,19);1H/t12-;/m1./s1. The number of carbonyl (C=O) groups is 2. The van der Waals surface area contributed by atoms with E-state index in [-0.39, 0.29) is 31.0 Å². The summed E-state index contributed by atoms with van der Waals surface area (Å²) in [6.07, 6.45) is 3.02. The van der Waals surface area contributed by atoms with Crippen LogP contribution in [0.3, 0.4) is 0 Å².